The van der Waals surface area contributed by atoms with Crippen LogP contribution in [0.15, 0.2) is 18.2 Å². The molecule has 1 unspecified atom stereocenters. The number of esters is 1. The van der Waals surface area contributed by atoms with Crippen molar-refractivity contribution in [2.45, 2.75) is 58.0 Å². The zero-order chi connectivity index (χ0) is 16.7. The van der Waals surface area contributed by atoms with Crippen molar-refractivity contribution in [2.24, 2.45) is 0 Å². The highest BCUT2D eigenvalue weighted by atomic mass is 79.9. The third-order valence-electron chi connectivity index (χ3n) is 3.32. The molecule has 1 aromatic carbocycles. The molecule has 2 rings (SSSR count). The highest BCUT2D eigenvalue weighted by molar-refractivity contribution is 9.09. The lowest BCUT2D eigenvalue weighted by Crippen LogP contribution is -2.26. The predicted molar refractivity (Wildman–Crippen MR) is 92.4 cm³/mol. The number of hydrogen-bond donors (Lipinski definition) is 0. The summed E-state index contributed by atoms with van der Waals surface area (Å²) in [6, 6.07) is 6.16. The van der Waals surface area contributed by atoms with Crippen LogP contribution in [0.5, 0.6) is 0 Å². The van der Waals surface area contributed by atoms with E-state index in [0.717, 1.165) is 22.2 Å². The van der Waals surface area contributed by atoms with Crippen molar-refractivity contribution in [3.63, 3.8) is 0 Å². The van der Waals surface area contributed by atoms with Gasteiger partial charge in [-0.2, -0.15) is 5.10 Å². The average Bonchev–Trinajstić information content (AvgIpc) is 2.74. The van der Waals surface area contributed by atoms with E-state index in [1.807, 2.05) is 50.6 Å². The first kappa shape index (κ1) is 17.0. The highest BCUT2D eigenvalue weighted by Gasteiger charge is 2.27. The van der Waals surface area contributed by atoms with Gasteiger partial charge in [-0.15, -0.1) is 0 Å². The standard InChI is InChI=1S/C17H23BrN2O2/c1-10(2)20-15-12(11(3)19-20)8-7-9-13(15)14(18)16(21)22-17(4,5)6/h7-10,14H,1-6H3. The highest BCUT2D eigenvalue weighted by Crippen LogP contribution is 2.34. The molecule has 0 bridgehead atoms. The van der Waals surface area contributed by atoms with Gasteiger partial charge in [-0.3, -0.25) is 9.48 Å². The lowest BCUT2D eigenvalue weighted by Gasteiger charge is -2.22. The van der Waals surface area contributed by atoms with Crippen molar-refractivity contribution in [3.8, 4) is 0 Å². The first-order chi connectivity index (χ1) is 10.1. The minimum atomic E-state index is -0.510. The Hall–Kier alpha value is -1.36. The second-order valence-corrected chi connectivity index (χ2v) is 7.68. The molecule has 0 spiro atoms. The summed E-state index contributed by atoms with van der Waals surface area (Å²) in [6.45, 7) is 11.8. The lowest BCUT2D eigenvalue weighted by molar-refractivity contribution is -0.154. The monoisotopic (exact) mass is 366 g/mol. The van der Waals surface area contributed by atoms with E-state index in [0.29, 0.717) is 0 Å². The predicted octanol–water partition coefficient (Wildman–Crippen LogP) is 4.70. The van der Waals surface area contributed by atoms with Gasteiger partial charge in [0.2, 0.25) is 0 Å². The number of benzene rings is 1. The summed E-state index contributed by atoms with van der Waals surface area (Å²) in [4.78, 5) is 11.9. The van der Waals surface area contributed by atoms with Gasteiger partial charge in [0.15, 0.2) is 0 Å². The van der Waals surface area contributed by atoms with Crippen molar-refractivity contribution in [1.29, 1.82) is 0 Å². The van der Waals surface area contributed by atoms with Crippen molar-refractivity contribution in [3.05, 3.63) is 29.5 Å². The maximum atomic E-state index is 12.4. The van der Waals surface area contributed by atoms with Crippen LogP contribution < -0.4 is 0 Å². The summed E-state index contributed by atoms with van der Waals surface area (Å²) < 4.78 is 7.47. The molecule has 1 heterocycles. The largest absolute Gasteiger partial charge is 0.459 e. The summed E-state index contributed by atoms with van der Waals surface area (Å²) in [5.41, 5.74) is 2.34. The third-order valence-corrected chi connectivity index (χ3v) is 4.19. The summed E-state index contributed by atoms with van der Waals surface area (Å²) in [7, 11) is 0. The van der Waals surface area contributed by atoms with E-state index in [9.17, 15) is 4.79 Å². The number of halogens is 1. The third kappa shape index (κ3) is 3.35. The van der Waals surface area contributed by atoms with Crippen LogP contribution in [0, 0.1) is 6.92 Å². The average molecular weight is 367 g/mol. The molecule has 1 atom stereocenters. The molecule has 4 nitrogen and oxygen atoms in total. The summed E-state index contributed by atoms with van der Waals surface area (Å²) in [5, 5.41) is 5.68. The Morgan fingerprint density at radius 3 is 2.50 bits per heavy atom. The Morgan fingerprint density at radius 1 is 1.32 bits per heavy atom. The first-order valence-electron chi connectivity index (χ1n) is 7.46. The molecule has 0 saturated heterocycles. The number of hydrogen-bond acceptors (Lipinski definition) is 3. The smallest absolute Gasteiger partial charge is 0.324 e. The van der Waals surface area contributed by atoms with Crippen LogP contribution in [-0.4, -0.2) is 21.4 Å². The molecule has 0 N–H and O–H groups in total. The van der Waals surface area contributed by atoms with E-state index in [2.05, 4.69) is 34.9 Å². The Labute approximate surface area is 140 Å². The second-order valence-electron chi connectivity index (χ2n) is 6.76. The lowest BCUT2D eigenvalue weighted by atomic mass is 10.1. The molecule has 22 heavy (non-hydrogen) atoms. The van der Waals surface area contributed by atoms with Gasteiger partial charge in [0.1, 0.15) is 10.4 Å². The SMILES string of the molecule is Cc1nn(C(C)C)c2c(C(Br)C(=O)OC(C)(C)C)cccc12. The molecular weight excluding hydrogens is 344 g/mol. The van der Waals surface area contributed by atoms with Crippen molar-refractivity contribution in [1.82, 2.24) is 9.78 Å². The molecule has 0 amide bonds. The van der Waals surface area contributed by atoms with Crippen LogP contribution in [0.2, 0.25) is 0 Å². The maximum absolute atomic E-state index is 12.4. The zero-order valence-corrected chi connectivity index (χ0v) is 15.6. The number of para-hydroxylation sites is 1. The molecule has 0 aliphatic rings. The molecule has 2 aromatic rings. The van der Waals surface area contributed by atoms with E-state index in [1.165, 1.54) is 0 Å². The number of nitrogens with zero attached hydrogens (tertiary/aromatic N) is 2. The number of ether oxygens (including phenoxy) is 1. The minimum absolute atomic E-state index is 0.218. The number of alkyl halides is 1. The first-order valence-corrected chi connectivity index (χ1v) is 8.38. The van der Waals surface area contributed by atoms with E-state index in [-0.39, 0.29) is 12.0 Å². The van der Waals surface area contributed by atoms with Gasteiger partial charge in [0, 0.05) is 17.0 Å². The molecule has 0 aliphatic heterocycles. The van der Waals surface area contributed by atoms with E-state index in [4.69, 9.17) is 4.74 Å². The fraction of sp³-hybridized carbons (Fsp3) is 0.529. The van der Waals surface area contributed by atoms with Crippen LogP contribution in [0.4, 0.5) is 0 Å². The van der Waals surface area contributed by atoms with E-state index in [1.54, 1.807) is 0 Å². The summed E-state index contributed by atoms with van der Waals surface area (Å²) in [6.07, 6.45) is 0. The van der Waals surface area contributed by atoms with Gasteiger partial charge in [0.05, 0.1) is 11.2 Å². The summed E-state index contributed by atoms with van der Waals surface area (Å²) >= 11 is 3.50. The number of aromatic nitrogens is 2. The molecule has 1 aromatic heterocycles. The molecule has 0 aliphatic carbocycles. The van der Waals surface area contributed by atoms with Crippen LogP contribution in [0.25, 0.3) is 10.9 Å². The van der Waals surface area contributed by atoms with Crippen LogP contribution in [0.3, 0.4) is 0 Å². The fourth-order valence-electron chi connectivity index (χ4n) is 2.43. The van der Waals surface area contributed by atoms with Gasteiger partial charge in [-0.25, -0.2) is 0 Å². The molecule has 0 saturated carbocycles. The Kier molecular flexibility index (Phi) is 4.66. The molecule has 5 heteroatoms. The van der Waals surface area contributed by atoms with Crippen molar-refractivity contribution in [2.75, 3.05) is 0 Å². The second kappa shape index (κ2) is 6.03. The fourth-order valence-corrected chi connectivity index (χ4v) is 2.90. The molecule has 120 valence electrons. The van der Waals surface area contributed by atoms with Gasteiger partial charge in [0.25, 0.3) is 0 Å². The van der Waals surface area contributed by atoms with Crippen LogP contribution in [-0.2, 0) is 9.53 Å². The van der Waals surface area contributed by atoms with Crippen LogP contribution >= 0.6 is 15.9 Å². The van der Waals surface area contributed by atoms with Gasteiger partial charge < -0.3 is 4.74 Å². The topological polar surface area (TPSA) is 44.1 Å². The molecular formula is C17H23BrN2O2. The van der Waals surface area contributed by atoms with E-state index >= 15 is 0 Å². The number of carbonyl (C=O) groups excluding carboxylic acids is 1. The van der Waals surface area contributed by atoms with Gasteiger partial charge in [-0.1, -0.05) is 34.1 Å². The molecule has 0 fully saturated rings. The van der Waals surface area contributed by atoms with Gasteiger partial charge in [-0.05, 0) is 41.5 Å². The van der Waals surface area contributed by atoms with Gasteiger partial charge >= 0.3 is 5.97 Å². The van der Waals surface area contributed by atoms with Crippen LogP contribution in [0.1, 0.15) is 56.7 Å². The minimum Gasteiger partial charge on any atom is -0.459 e. The van der Waals surface area contributed by atoms with E-state index < -0.39 is 10.4 Å². The number of rotatable bonds is 3. The Balaban J connectivity index is 2.53. The van der Waals surface area contributed by atoms with Crippen molar-refractivity contribution >= 4 is 32.8 Å². The zero-order valence-electron chi connectivity index (χ0n) is 14.0. The quantitative estimate of drug-likeness (QED) is 0.583. The number of aryl methyl sites for hydroxylation is 1. The number of fused-ring (bicyclic) bond motifs is 1. The normalized spacial score (nSPS) is 13.6. The Morgan fingerprint density at radius 2 is 1.95 bits per heavy atom. The van der Waals surface area contributed by atoms with Crippen molar-refractivity contribution < 1.29 is 9.53 Å². The number of carbonyl (C=O) groups is 1. The summed E-state index contributed by atoms with van der Waals surface area (Å²) in [5.74, 6) is -0.283. The maximum Gasteiger partial charge on any atom is 0.324 e. The molecule has 0 radical (unpaired) electrons. The Bertz CT molecular complexity index is 698.